The van der Waals surface area contributed by atoms with Gasteiger partial charge < -0.3 is 9.97 Å². The summed E-state index contributed by atoms with van der Waals surface area (Å²) in [6, 6.07) is 1.48. The normalized spacial score (nSPS) is 10.6. The van der Waals surface area contributed by atoms with Gasteiger partial charge in [-0.15, -0.1) is 0 Å². The van der Waals surface area contributed by atoms with Crippen molar-refractivity contribution in [2.75, 3.05) is 0 Å². The van der Waals surface area contributed by atoms with Crippen molar-refractivity contribution >= 4 is 27.7 Å². The van der Waals surface area contributed by atoms with Crippen molar-refractivity contribution in [3.63, 3.8) is 0 Å². The van der Waals surface area contributed by atoms with Crippen LogP contribution in [0.2, 0.25) is 0 Å². The van der Waals surface area contributed by atoms with Crippen LogP contribution >= 0.6 is 27.7 Å². The summed E-state index contributed by atoms with van der Waals surface area (Å²) in [5, 5.41) is 0.885. The largest absolute Gasteiger partial charge is 0.312 e. The van der Waals surface area contributed by atoms with E-state index >= 15 is 0 Å². The van der Waals surface area contributed by atoms with E-state index in [0.29, 0.717) is 14.7 Å². The SMILES string of the molecule is CCCc1cc(=O)[nH]c(Sc2nc[nH]c(=O)c2Br)n1. The molecule has 0 spiro atoms. The van der Waals surface area contributed by atoms with Crippen LogP contribution in [0.3, 0.4) is 0 Å². The van der Waals surface area contributed by atoms with Crippen molar-refractivity contribution in [1.82, 2.24) is 19.9 Å². The van der Waals surface area contributed by atoms with E-state index in [1.807, 2.05) is 6.92 Å². The van der Waals surface area contributed by atoms with Crippen LogP contribution in [0.25, 0.3) is 0 Å². The fourth-order valence-electron chi connectivity index (χ4n) is 1.45. The topological polar surface area (TPSA) is 91.5 Å². The van der Waals surface area contributed by atoms with E-state index < -0.39 is 0 Å². The highest BCUT2D eigenvalue weighted by atomic mass is 79.9. The first-order valence-electron chi connectivity index (χ1n) is 5.61. The number of H-pyrrole nitrogens is 2. The van der Waals surface area contributed by atoms with Gasteiger partial charge in [0.1, 0.15) is 9.50 Å². The molecule has 0 fully saturated rings. The van der Waals surface area contributed by atoms with Gasteiger partial charge in [-0.1, -0.05) is 13.3 Å². The molecule has 0 saturated heterocycles. The summed E-state index contributed by atoms with van der Waals surface area (Å²) >= 11 is 4.30. The van der Waals surface area contributed by atoms with Crippen LogP contribution in [-0.4, -0.2) is 19.9 Å². The van der Waals surface area contributed by atoms with E-state index in [1.165, 1.54) is 12.4 Å². The monoisotopic (exact) mass is 342 g/mol. The molecule has 0 radical (unpaired) electrons. The molecule has 2 aromatic rings. The van der Waals surface area contributed by atoms with Crippen LogP contribution in [0.1, 0.15) is 19.0 Å². The predicted molar refractivity (Wildman–Crippen MR) is 75.5 cm³/mol. The van der Waals surface area contributed by atoms with Crippen molar-refractivity contribution in [2.45, 2.75) is 29.9 Å². The summed E-state index contributed by atoms with van der Waals surface area (Å²) in [4.78, 5) is 36.4. The minimum atomic E-state index is -0.274. The first-order chi connectivity index (χ1) is 9.10. The molecule has 6 nitrogen and oxygen atoms in total. The Kier molecular flexibility index (Phi) is 4.54. The molecular formula is C11H11BrN4O2S. The molecule has 2 rings (SSSR count). The van der Waals surface area contributed by atoms with Crippen LogP contribution in [0.4, 0.5) is 0 Å². The van der Waals surface area contributed by atoms with Gasteiger partial charge in [0.15, 0.2) is 5.16 Å². The molecule has 0 bridgehead atoms. The average Bonchev–Trinajstić information content (AvgIpc) is 2.35. The maximum atomic E-state index is 11.5. The van der Waals surface area contributed by atoms with Crippen LogP contribution in [0.5, 0.6) is 0 Å². The average molecular weight is 343 g/mol. The zero-order chi connectivity index (χ0) is 13.8. The molecule has 0 saturated carbocycles. The van der Waals surface area contributed by atoms with Crippen LogP contribution in [-0.2, 0) is 6.42 Å². The first-order valence-corrected chi connectivity index (χ1v) is 7.22. The molecule has 0 amide bonds. The number of hydrogen-bond donors (Lipinski definition) is 2. The van der Waals surface area contributed by atoms with E-state index in [2.05, 4.69) is 35.9 Å². The summed E-state index contributed by atoms with van der Waals surface area (Å²) in [7, 11) is 0. The van der Waals surface area contributed by atoms with Crippen LogP contribution in [0, 0.1) is 0 Å². The summed E-state index contributed by atoms with van der Waals surface area (Å²) < 4.78 is 0.323. The number of nitrogens with zero attached hydrogens (tertiary/aromatic N) is 2. The fraction of sp³-hybridized carbons (Fsp3) is 0.273. The number of hydrogen-bond acceptors (Lipinski definition) is 5. The third-order valence-corrected chi connectivity index (χ3v) is 4.12. The van der Waals surface area contributed by atoms with Gasteiger partial charge in [-0.05, 0) is 34.1 Å². The van der Waals surface area contributed by atoms with Gasteiger partial charge in [0.05, 0.1) is 6.33 Å². The lowest BCUT2D eigenvalue weighted by molar-refractivity contribution is 0.814. The van der Waals surface area contributed by atoms with Gasteiger partial charge in [0.2, 0.25) is 0 Å². The van der Waals surface area contributed by atoms with E-state index in [0.717, 1.165) is 30.3 Å². The molecule has 0 atom stereocenters. The van der Waals surface area contributed by atoms with E-state index in [4.69, 9.17) is 0 Å². The van der Waals surface area contributed by atoms with Gasteiger partial charge in [-0.25, -0.2) is 9.97 Å². The lowest BCUT2D eigenvalue weighted by atomic mass is 10.2. The summed E-state index contributed by atoms with van der Waals surface area (Å²) in [5.74, 6) is 0. The summed E-state index contributed by atoms with van der Waals surface area (Å²) in [5.41, 5.74) is 0.251. The zero-order valence-corrected chi connectivity index (χ0v) is 12.5. The second-order valence-electron chi connectivity index (χ2n) is 3.74. The van der Waals surface area contributed by atoms with Gasteiger partial charge in [-0.3, -0.25) is 9.59 Å². The zero-order valence-electron chi connectivity index (χ0n) is 10.1. The van der Waals surface area contributed by atoms with Gasteiger partial charge >= 0.3 is 0 Å². The van der Waals surface area contributed by atoms with E-state index in [-0.39, 0.29) is 11.1 Å². The Hall–Kier alpha value is -1.41. The highest BCUT2D eigenvalue weighted by Crippen LogP contribution is 2.26. The van der Waals surface area contributed by atoms with Gasteiger partial charge in [0, 0.05) is 11.8 Å². The standard InChI is InChI=1S/C11H11BrN4O2S/c1-2-3-6-4-7(17)16-11(15-6)19-10-8(12)9(18)13-5-14-10/h4-5H,2-3H2,1H3,(H,13,14,18)(H,15,16,17). The molecule has 0 aliphatic rings. The van der Waals surface area contributed by atoms with Gasteiger partial charge in [-0.2, -0.15) is 0 Å². The fourth-order valence-corrected chi connectivity index (χ4v) is 2.69. The minimum Gasteiger partial charge on any atom is -0.312 e. The predicted octanol–water partition coefficient (Wildman–Crippen LogP) is 1.72. The lowest BCUT2D eigenvalue weighted by Gasteiger charge is -2.03. The molecular weight excluding hydrogens is 332 g/mol. The molecule has 100 valence electrons. The Labute approximate surface area is 121 Å². The third kappa shape index (κ3) is 3.54. The van der Waals surface area contributed by atoms with Crippen molar-refractivity contribution in [3.05, 3.63) is 43.3 Å². The summed E-state index contributed by atoms with van der Waals surface area (Å²) in [6.45, 7) is 2.02. The number of halogens is 1. The number of aryl methyl sites for hydroxylation is 1. The second-order valence-corrected chi connectivity index (χ2v) is 5.52. The molecule has 0 aromatic carbocycles. The highest BCUT2D eigenvalue weighted by Gasteiger charge is 2.10. The smallest absolute Gasteiger partial charge is 0.266 e. The number of rotatable bonds is 4. The number of aromatic amines is 2. The third-order valence-electron chi connectivity index (χ3n) is 2.24. The molecule has 0 aliphatic heterocycles. The maximum absolute atomic E-state index is 11.5. The minimum absolute atomic E-state index is 0.207. The molecule has 2 aromatic heterocycles. The van der Waals surface area contributed by atoms with E-state index in [9.17, 15) is 9.59 Å². The Bertz CT molecular complexity index is 698. The first kappa shape index (κ1) is 14.0. The van der Waals surface area contributed by atoms with E-state index in [1.54, 1.807) is 0 Å². The molecule has 8 heteroatoms. The van der Waals surface area contributed by atoms with Crippen LogP contribution < -0.4 is 11.1 Å². The Morgan fingerprint density at radius 1 is 1.42 bits per heavy atom. The Balaban J connectivity index is 2.35. The Morgan fingerprint density at radius 2 is 2.21 bits per heavy atom. The molecule has 0 aliphatic carbocycles. The molecule has 2 heterocycles. The van der Waals surface area contributed by atoms with Crippen molar-refractivity contribution in [2.24, 2.45) is 0 Å². The highest BCUT2D eigenvalue weighted by molar-refractivity contribution is 9.10. The second kappa shape index (κ2) is 6.16. The molecule has 2 N–H and O–H groups in total. The molecule has 0 unspecified atom stereocenters. The quantitative estimate of drug-likeness (QED) is 0.652. The molecule has 19 heavy (non-hydrogen) atoms. The maximum Gasteiger partial charge on any atom is 0.266 e. The van der Waals surface area contributed by atoms with Crippen molar-refractivity contribution in [1.29, 1.82) is 0 Å². The lowest BCUT2D eigenvalue weighted by Crippen LogP contribution is -2.11. The van der Waals surface area contributed by atoms with Gasteiger partial charge in [0.25, 0.3) is 11.1 Å². The Morgan fingerprint density at radius 3 is 2.95 bits per heavy atom. The van der Waals surface area contributed by atoms with Crippen molar-refractivity contribution < 1.29 is 0 Å². The van der Waals surface area contributed by atoms with Crippen LogP contribution in [0.15, 0.2) is 36.6 Å². The number of aromatic nitrogens is 4. The summed E-state index contributed by atoms with van der Waals surface area (Å²) in [6.07, 6.45) is 2.96. The number of nitrogens with one attached hydrogen (secondary N) is 2. The van der Waals surface area contributed by atoms with Crippen molar-refractivity contribution in [3.8, 4) is 0 Å².